The molecule has 4 rings (SSSR count). The zero-order valence-corrected chi connectivity index (χ0v) is 15.5. The van der Waals surface area contributed by atoms with Crippen molar-refractivity contribution < 1.29 is 4.79 Å². The van der Waals surface area contributed by atoms with Gasteiger partial charge in [-0.05, 0) is 11.5 Å². The van der Waals surface area contributed by atoms with E-state index >= 15 is 0 Å². The highest BCUT2D eigenvalue weighted by molar-refractivity contribution is 7.99. The van der Waals surface area contributed by atoms with Gasteiger partial charge in [0.1, 0.15) is 5.82 Å². The molecule has 1 aromatic carbocycles. The summed E-state index contributed by atoms with van der Waals surface area (Å²) in [6, 6.07) is 10.0. The van der Waals surface area contributed by atoms with Crippen molar-refractivity contribution in [2.75, 3.05) is 12.3 Å². The summed E-state index contributed by atoms with van der Waals surface area (Å²) in [6.45, 7) is 0.643. The molecule has 26 heavy (non-hydrogen) atoms. The molecule has 7 heteroatoms. The number of thioether (sulfide) groups is 1. The number of hydrazone groups is 1. The first kappa shape index (κ1) is 17.3. The van der Waals surface area contributed by atoms with Crippen molar-refractivity contribution in [1.29, 1.82) is 0 Å². The quantitative estimate of drug-likeness (QED) is 0.793. The van der Waals surface area contributed by atoms with Crippen molar-refractivity contribution >= 4 is 23.4 Å². The van der Waals surface area contributed by atoms with Crippen LogP contribution in [0.4, 0.5) is 0 Å². The Hall–Kier alpha value is -2.15. The third-order valence-corrected chi connectivity index (χ3v) is 5.82. The fraction of sp³-hybridized carbons (Fsp3) is 0.474. The third-order valence-electron chi connectivity index (χ3n) is 4.99. The highest BCUT2D eigenvalue weighted by atomic mass is 32.2. The molecule has 2 aliphatic rings. The Labute approximate surface area is 157 Å². The molecule has 2 aromatic rings. The van der Waals surface area contributed by atoms with Crippen LogP contribution in [-0.4, -0.2) is 44.1 Å². The minimum Gasteiger partial charge on any atom is -0.272 e. The summed E-state index contributed by atoms with van der Waals surface area (Å²) >= 11 is 1.38. The Bertz CT molecular complexity index is 782. The molecule has 0 radical (unpaired) electrons. The van der Waals surface area contributed by atoms with Crippen LogP contribution in [0.1, 0.15) is 43.5 Å². The molecule has 0 atom stereocenters. The van der Waals surface area contributed by atoms with E-state index in [9.17, 15) is 4.79 Å². The normalized spacial score (nSPS) is 17.7. The van der Waals surface area contributed by atoms with Crippen LogP contribution in [-0.2, 0) is 11.2 Å². The van der Waals surface area contributed by atoms with Crippen molar-refractivity contribution in [2.45, 2.75) is 43.7 Å². The van der Waals surface area contributed by atoms with Gasteiger partial charge in [0, 0.05) is 12.8 Å². The molecule has 0 spiro atoms. The zero-order chi connectivity index (χ0) is 17.8. The molecule has 6 nitrogen and oxygen atoms in total. The molecule has 1 saturated carbocycles. The zero-order valence-electron chi connectivity index (χ0n) is 14.7. The number of carbonyl (C=O) groups excluding carboxylic acids is 1. The second-order valence-corrected chi connectivity index (χ2v) is 7.83. The molecule has 1 amide bonds. The Balaban J connectivity index is 1.29. The van der Waals surface area contributed by atoms with E-state index in [0.29, 0.717) is 17.5 Å². The van der Waals surface area contributed by atoms with E-state index in [1.807, 2.05) is 30.3 Å². The molecule has 1 aromatic heterocycles. The standard InChI is InChI=1S/C19H23N5OS/c25-18(24-11-10-16(23-24)15-8-2-1-3-9-15)13-26-19-20-17(21-22-19)12-14-6-4-5-7-14/h1-3,8-9,14H,4-7,10-13H2,(H,20,21,22). The van der Waals surface area contributed by atoms with Crippen molar-refractivity contribution in [3.63, 3.8) is 0 Å². The lowest BCUT2D eigenvalue weighted by molar-refractivity contribution is -0.127. The van der Waals surface area contributed by atoms with Crippen molar-refractivity contribution in [2.24, 2.45) is 11.0 Å². The smallest absolute Gasteiger partial charge is 0.253 e. The largest absolute Gasteiger partial charge is 0.272 e. The first-order valence-corrected chi connectivity index (χ1v) is 10.2. The Morgan fingerprint density at radius 3 is 2.85 bits per heavy atom. The fourth-order valence-corrected chi connectivity index (χ4v) is 4.28. The molecule has 136 valence electrons. The van der Waals surface area contributed by atoms with Gasteiger partial charge in [-0.3, -0.25) is 9.89 Å². The van der Waals surface area contributed by atoms with Crippen LogP contribution >= 0.6 is 11.8 Å². The number of nitrogens with one attached hydrogen (secondary N) is 1. The van der Waals surface area contributed by atoms with Gasteiger partial charge in [-0.25, -0.2) is 9.99 Å². The minimum atomic E-state index is 0.00285. The summed E-state index contributed by atoms with van der Waals surface area (Å²) in [5.41, 5.74) is 2.06. The van der Waals surface area contributed by atoms with Crippen LogP contribution in [0, 0.1) is 5.92 Å². The lowest BCUT2D eigenvalue weighted by atomic mass is 10.0. The molecule has 0 saturated heterocycles. The van der Waals surface area contributed by atoms with E-state index in [1.165, 1.54) is 37.4 Å². The van der Waals surface area contributed by atoms with Crippen molar-refractivity contribution in [3.05, 3.63) is 41.7 Å². The number of benzene rings is 1. The Kier molecular flexibility index (Phi) is 5.34. The van der Waals surface area contributed by atoms with Crippen molar-refractivity contribution in [3.8, 4) is 0 Å². The second kappa shape index (κ2) is 8.03. The van der Waals surface area contributed by atoms with E-state index in [-0.39, 0.29) is 5.91 Å². The number of rotatable bonds is 6. The molecular formula is C19H23N5OS. The lowest BCUT2D eigenvalue weighted by Crippen LogP contribution is -2.25. The van der Waals surface area contributed by atoms with E-state index in [1.54, 1.807) is 5.01 Å². The van der Waals surface area contributed by atoms with Crippen LogP contribution in [0.15, 0.2) is 40.6 Å². The molecule has 1 fully saturated rings. The van der Waals surface area contributed by atoms with Crippen LogP contribution in [0.5, 0.6) is 0 Å². The van der Waals surface area contributed by atoms with Crippen LogP contribution in [0.2, 0.25) is 0 Å². The maximum atomic E-state index is 12.4. The number of amides is 1. The number of nitrogens with zero attached hydrogens (tertiary/aromatic N) is 4. The van der Waals surface area contributed by atoms with Gasteiger partial charge in [-0.15, -0.1) is 5.10 Å². The van der Waals surface area contributed by atoms with Gasteiger partial charge in [-0.2, -0.15) is 5.10 Å². The second-order valence-electron chi connectivity index (χ2n) is 6.89. The minimum absolute atomic E-state index is 0.00285. The first-order chi connectivity index (χ1) is 12.8. The maximum absolute atomic E-state index is 12.4. The number of hydrogen-bond acceptors (Lipinski definition) is 5. The van der Waals surface area contributed by atoms with Crippen LogP contribution < -0.4 is 0 Å². The maximum Gasteiger partial charge on any atom is 0.253 e. The van der Waals surface area contributed by atoms with E-state index in [4.69, 9.17) is 0 Å². The number of carbonyl (C=O) groups is 1. The van der Waals surface area contributed by atoms with Gasteiger partial charge in [0.15, 0.2) is 0 Å². The summed E-state index contributed by atoms with van der Waals surface area (Å²) < 4.78 is 0. The Morgan fingerprint density at radius 2 is 2.04 bits per heavy atom. The SMILES string of the molecule is O=C(CSc1n[nH]c(CC2CCCC2)n1)N1CCC(c2ccccc2)=N1. The van der Waals surface area contributed by atoms with Gasteiger partial charge in [0.2, 0.25) is 5.16 Å². The fourth-order valence-electron chi connectivity index (χ4n) is 3.59. The summed E-state index contributed by atoms with van der Waals surface area (Å²) in [5.74, 6) is 1.99. The van der Waals surface area contributed by atoms with E-state index < -0.39 is 0 Å². The summed E-state index contributed by atoms with van der Waals surface area (Å²) in [5, 5.41) is 14.0. The molecular weight excluding hydrogens is 346 g/mol. The molecule has 1 aliphatic heterocycles. The van der Waals surface area contributed by atoms with Crippen LogP contribution in [0.3, 0.4) is 0 Å². The summed E-state index contributed by atoms with van der Waals surface area (Å²) in [4.78, 5) is 16.9. The predicted molar refractivity (Wildman–Crippen MR) is 102 cm³/mol. The predicted octanol–water partition coefficient (Wildman–Crippen LogP) is 3.27. The number of aromatic amines is 1. The highest BCUT2D eigenvalue weighted by Crippen LogP contribution is 2.27. The summed E-state index contributed by atoms with van der Waals surface area (Å²) in [6.07, 6.45) is 7.01. The lowest BCUT2D eigenvalue weighted by Gasteiger charge is -2.09. The third kappa shape index (κ3) is 4.15. The Morgan fingerprint density at radius 1 is 1.23 bits per heavy atom. The average Bonchev–Trinajstić information content (AvgIpc) is 3.43. The molecule has 0 unspecified atom stereocenters. The molecule has 2 heterocycles. The highest BCUT2D eigenvalue weighted by Gasteiger charge is 2.22. The summed E-state index contributed by atoms with van der Waals surface area (Å²) in [7, 11) is 0. The monoisotopic (exact) mass is 369 g/mol. The molecule has 0 bridgehead atoms. The van der Waals surface area contributed by atoms with Crippen LogP contribution in [0.25, 0.3) is 0 Å². The molecule has 1 N–H and O–H groups in total. The topological polar surface area (TPSA) is 74.2 Å². The van der Waals surface area contributed by atoms with Gasteiger partial charge in [0.25, 0.3) is 5.91 Å². The average molecular weight is 369 g/mol. The number of hydrogen-bond donors (Lipinski definition) is 1. The van der Waals surface area contributed by atoms with E-state index in [2.05, 4.69) is 20.3 Å². The first-order valence-electron chi connectivity index (χ1n) is 9.25. The van der Waals surface area contributed by atoms with E-state index in [0.717, 1.165) is 35.9 Å². The van der Waals surface area contributed by atoms with Gasteiger partial charge in [-0.1, -0.05) is 67.8 Å². The van der Waals surface area contributed by atoms with Gasteiger partial charge >= 0.3 is 0 Å². The van der Waals surface area contributed by atoms with Crippen molar-refractivity contribution in [1.82, 2.24) is 20.2 Å². The van der Waals surface area contributed by atoms with Gasteiger partial charge in [0.05, 0.1) is 18.0 Å². The molecule has 1 aliphatic carbocycles. The van der Waals surface area contributed by atoms with Gasteiger partial charge < -0.3 is 0 Å². The number of aromatic nitrogens is 3. The number of H-pyrrole nitrogens is 1.